The number of sulfonamides is 2. The van der Waals surface area contributed by atoms with E-state index in [0.29, 0.717) is 17.1 Å². The highest BCUT2D eigenvalue weighted by Crippen LogP contribution is 2.21. The summed E-state index contributed by atoms with van der Waals surface area (Å²) in [5, 5.41) is 3.85. The van der Waals surface area contributed by atoms with Gasteiger partial charge in [-0.25, -0.2) is 27.0 Å². The van der Waals surface area contributed by atoms with Crippen molar-refractivity contribution in [3.8, 4) is 5.75 Å². The van der Waals surface area contributed by atoms with Crippen molar-refractivity contribution in [3.05, 3.63) is 114 Å². The number of amides is 1. The zero-order valence-electron chi connectivity index (χ0n) is 22.0. The molecule has 0 saturated carbocycles. The smallest absolute Gasteiger partial charge is 0.255 e. The number of hydrogen-bond donors (Lipinski definition) is 2. The molecule has 0 radical (unpaired) electrons. The second-order valence-electron chi connectivity index (χ2n) is 8.67. The van der Waals surface area contributed by atoms with Crippen LogP contribution in [0.5, 0.6) is 5.75 Å². The van der Waals surface area contributed by atoms with Gasteiger partial charge in [0, 0.05) is 6.54 Å². The number of nitrogens with zero attached hydrogens (tertiary/aromatic N) is 2. The fourth-order valence-corrected chi connectivity index (χ4v) is 6.08. The Morgan fingerprint density at radius 3 is 2.20 bits per heavy atom. The molecular formula is C28H28N4O7S2. The summed E-state index contributed by atoms with van der Waals surface area (Å²) >= 11 is 0. The number of benzene rings is 3. The Bertz CT molecular complexity index is 1690. The van der Waals surface area contributed by atoms with Gasteiger partial charge >= 0.3 is 0 Å². The third-order valence-electron chi connectivity index (χ3n) is 5.77. The standard InChI is InChI=1S/C28H28N4O7S2/c1-38-23-14-16-27(17-15-23)41(36,37)32(20-22-8-4-2-5-9-22)21-28(33)31-29-18-24-12-13-25(39-24)19-30-40(34,35)26-10-6-3-7-11-26/h2-18,30H,19-21H2,1H3,(H,31,33)/b29-18-. The van der Waals surface area contributed by atoms with Gasteiger partial charge in [0.1, 0.15) is 17.3 Å². The molecule has 4 aromatic rings. The average Bonchev–Trinajstić information content (AvgIpc) is 3.44. The third-order valence-corrected chi connectivity index (χ3v) is 9.00. The zero-order valence-corrected chi connectivity index (χ0v) is 23.6. The van der Waals surface area contributed by atoms with E-state index in [1.807, 2.05) is 6.07 Å². The average molecular weight is 597 g/mol. The van der Waals surface area contributed by atoms with E-state index in [9.17, 15) is 21.6 Å². The first kappa shape index (κ1) is 29.7. The molecule has 13 heteroatoms. The zero-order chi connectivity index (χ0) is 29.3. The van der Waals surface area contributed by atoms with Gasteiger partial charge < -0.3 is 9.15 Å². The Morgan fingerprint density at radius 2 is 1.54 bits per heavy atom. The monoisotopic (exact) mass is 596 g/mol. The molecule has 0 spiro atoms. The first-order valence-corrected chi connectivity index (χ1v) is 15.2. The Kier molecular flexibility index (Phi) is 9.68. The lowest BCUT2D eigenvalue weighted by molar-refractivity contribution is -0.121. The lowest BCUT2D eigenvalue weighted by Crippen LogP contribution is -2.39. The Morgan fingerprint density at radius 1 is 0.878 bits per heavy atom. The fraction of sp³-hybridized carbons (Fsp3) is 0.143. The van der Waals surface area contributed by atoms with E-state index in [2.05, 4.69) is 15.2 Å². The summed E-state index contributed by atoms with van der Waals surface area (Å²) < 4.78 is 65.7. The number of rotatable bonds is 13. The van der Waals surface area contributed by atoms with Crippen molar-refractivity contribution in [2.45, 2.75) is 22.9 Å². The van der Waals surface area contributed by atoms with Crippen molar-refractivity contribution < 1.29 is 30.8 Å². The molecule has 0 fully saturated rings. The van der Waals surface area contributed by atoms with E-state index in [-0.39, 0.29) is 28.6 Å². The largest absolute Gasteiger partial charge is 0.497 e. The lowest BCUT2D eigenvalue weighted by atomic mass is 10.2. The van der Waals surface area contributed by atoms with Crippen LogP contribution in [0.25, 0.3) is 0 Å². The second kappa shape index (κ2) is 13.4. The SMILES string of the molecule is COc1ccc(S(=O)(=O)N(CC(=O)N/N=C\c2ccc(CNS(=O)(=O)c3ccccc3)o2)Cc2ccccc2)cc1. The van der Waals surface area contributed by atoms with Gasteiger partial charge in [0.15, 0.2) is 0 Å². The van der Waals surface area contributed by atoms with E-state index >= 15 is 0 Å². The molecule has 0 aliphatic carbocycles. The van der Waals surface area contributed by atoms with Gasteiger partial charge in [-0.1, -0.05) is 48.5 Å². The van der Waals surface area contributed by atoms with E-state index in [4.69, 9.17) is 9.15 Å². The van der Waals surface area contributed by atoms with Crippen LogP contribution in [-0.4, -0.2) is 46.9 Å². The fourth-order valence-electron chi connectivity index (χ4n) is 3.68. The maximum absolute atomic E-state index is 13.4. The molecule has 1 heterocycles. The third kappa shape index (κ3) is 8.11. The number of carbonyl (C=O) groups excluding carboxylic acids is 1. The highest BCUT2D eigenvalue weighted by molar-refractivity contribution is 7.89. The summed E-state index contributed by atoms with van der Waals surface area (Å²) in [4.78, 5) is 12.8. The van der Waals surface area contributed by atoms with Crippen LogP contribution in [0.2, 0.25) is 0 Å². The molecular weight excluding hydrogens is 568 g/mol. The minimum absolute atomic E-state index is 0.0107. The molecule has 0 aliphatic rings. The van der Waals surface area contributed by atoms with Crippen LogP contribution in [-0.2, 0) is 37.9 Å². The molecule has 3 aromatic carbocycles. The quantitative estimate of drug-likeness (QED) is 0.178. The molecule has 41 heavy (non-hydrogen) atoms. The van der Waals surface area contributed by atoms with Crippen LogP contribution < -0.4 is 14.9 Å². The molecule has 1 amide bonds. The molecule has 0 aliphatic heterocycles. The van der Waals surface area contributed by atoms with Crippen molar-refractivity contribution >= 4 is 32.2 Å². The Hall–Kier alpha value is -4.30. The van der Waals surface area contributed by atoms with Crippen LogP contribution in [0.1, 0.15) is 17.1 Å². The second-order valence-corrected chi connectivity index (χ2v) is 12.4. The first-order chi connectivity index (χ1) is 19.7. The van der Waals surface area contributed by atoms with E-state index in [1.54, 1.807) is 54.6 Å². The Labute approximate surface area is 238 Å². The van der Waals surface area contributed by atoms with Gasteiger partial charge in [-0.3, -0.25) is 4.79 Å². The molecule has 0 bridgehead atoms. The molecule has 0 atom stereocenters. The minimum atomic E-state index is -4.04. The van der Waals surface area contributed by atoms with Gasteiger partial charge in [0.05, 0.1) is 36.2 Å². The molecule has 11 nitrogen and oxygen atoms in total. The van der Waals surface area contributed by atoms with Gasteiger partial charge in [-0.2, -0.15) is 9.41 Å². The molecule has 214 valence electrons. The maximum Gasteiger partial charge on any atom is 0.255 e. The van der Waals surface area contributed by atoms with Crippen molar-refractivity contribution in [2.75, 3.05) is 13.7 Å². The normalized spacial score (nSPS) is 12.0. The van der Waals surface area contributed by atoms with Crippen LogP contribution in [0, 0.1) is 0 Å². The molecule has 2 N–H and O–H groups in total. The molecule has 4 rings (SSSR count). The first-order valence-electron chi connectivity index (χ1n) is 12.3. The number of furan rings is 1. The number of hydrazone groups is 1. The summed E-state index contributed by atoms with van der Waals surface area (Å²) in [6, 6.07) is 25.8. The number of ether oxygens (including phenoxy) is 1. The van der Waals surface area contributed by atoms with Crippen LogP contribution in [0.4, 0.5) is 0 Å². The summed E-state index contributed by atoms with van der Waals surface area (Å²) in [6.45, 7) is -0.618. The predicted octanol–water partition coefficient (Wildman–Crippen LogP) is 3.11. The summed E-state index contributed by atoms with van der Waals surface area (Å²) in [7, 11) is -6.27. The predicted molar refractivity (Wildman–Crippen MR) is 152 cm³/mol. The topological polar surface area (TPSA) is 147 Å². The number of nitrogens with one attached hydrogen (secondary N) is 2. The van der Waals surface area contributed by atoms with Crippen LogP contribution >= 0.6 is 0 Å². The molecule has 1 aromatic heterocycles. The highest BCUT2D eigenvalue weighted by atomic mass is 32.2. The lowest BCUT2D eigenvalue weighted by Gasteiger charge is -2.21. The number of methoxy groups -OCH3 is 1. The maximum atomic E-state index is 13.4. The van der Waals surface area contributed by atoms with Crippen LogP contribution in [0.15, 0.2) is 116 Å². The summed E-state index contributed by atoms with van der Waals surface area (Å²) in [5.74, 6) is 0.417. The van der Waals surface area contributed by atoms with Gasteiger partial charge in [-0.05, 0) is 54.1 Å². The van der Waals surface area contributed by atoms with Crippen molar-refractivity contribution in [1.82, 2.24) is 14.5 Å². The highest BCUT2D eigenvalue weighted by Gasteiger charge is 2.27. The minimum Gasteiger partial charge on any atom is -0.497 e. The number of carbonyl (C=O) groups is 1. The van der Waals surface area contributed by atoms with Gasteiger partial charge in [-0.15, -0.1) is 0 Å². The Balaban J connectivity index is 1.39. The van der Waals surface area contributed by atoms with Crippen molar-refractivity contribution in [1.29, 1.82) is 0 Å². The van der Waals surface area contributed by atoms with E-state index < -0.39 is 32.5 Å². The molecule has 0 saturated heterocycles. The molecule has 0 unspecified atom stereocenters. The summed E-state index contributed by atoms with van der Waals surface area (Å²) in [6.07, 6.45) is 1.23. The van der Waals surface area contributed by atoms with Crippen molar-refractivity contribution in [2.24, 2.45) is 5.10 Å². The number of hydrogen-bond acceptors (Lipinski definition) is 8. The van der Waals surface area contributed by atoms with Gasteiger partial charge in [0.2, 0.25) is 20.0 Å². The summed E-state index contributed by atoms with van der Waals surface area (Å²) in [5.41, 5.74) is 3.01. The van der Waals surface area contributed by atoms with Crippen LogP contribution in [0.3, 0.4) is 0 Å². The van der Waals surface area contributed by atoms with Gasteiger partial charge in [0.25, 0.3) is 5.91 Å². The van der Waals surface area contributed by atoms with E-state index in [0.717, 1.165) is 4.31 Å². The van der Waals surface area contributed by atoms with E-state index in [1.165, 1.54) is 49.7 Å². The van der Waals surface area contributed by atoms with Crippen molar-refractivity contribution in [3.63, 3.8) is 0 Å².